The Morgan fingerprint density at radius 3 is 2.13 bits per heavy atom. The Balaban J connectivity index is 0.699. The Hall–Kier alpha value is -6.60. The molecule has 36 nitrogen and oxygen atoms in total. The molecule has 9 rings (SSSR count). The van der Waals surface area contributed by atoms with Crippen molar-refractivity contribution in [2.24, 2.45) is 10.7 Å². The summed E-state index contributed by atoms with van der Waals surface area (Å²) in [6, 6.07) is 5.56. The number of rotatable bonds is 33. The predicted molar refractivity (Wildman–Crippen MR) is 347 cm³/mol. The largest absolute Gasteiger partial charge is 0.748 e. The average Bonchev–Trinajstić information content (AvgIpc) is 1.02. The number of hydrogen-bond acceptors (Lipinski definition) is 29. The van der Waals surface area contributed by atoms with Crippen LogP contribution in [-0.4, -0.2) is 277 Å². The summed E-state index contributed by atoms with van der Waals surface area (Å²) in [4.78, 5) is 71.3. The number of anilines is 1. The summed E-state index contributed by atoms with van der Waals surface area (Å²) < 4.78 is 80.8. The number of carbonyl (C=O) groups excluding carboxylic acids is 5. The number of aliphatic hydroxyl groups is 10. The van der Waals surface area contributed by atoms with Gasteiger partial charge in [-0.2, -0.15) is 0 Å². The lowest BCUT2D eigenvalue weighted by Crippen LogP contribution is -2.65. The van der Waals surface area contributed by atoms with Gasteiger partial charge < -0.3 is 121 Å². The third-order valence-electron chi connectivity index (χ3n) is 18.9. The maximum Gasteiger partial charge on any atom is 0.243 e. The zero-order valence-corrected chi connectivity index (χ0v) is 57.4. The first-order chi connectivity index (χ1) is 48.0. The fourth-order valence-electron chi connectivity index (χ4n) is 13.6. The van der Waals surface area contributed by atoms with Gasteiger partial charge in [-0.3, -0.25) is 28.7 Å². The van der Waals surface area contributed by atoms with Crippen LogP contribution in [0.1, 0.15) is 115 Å². The number of nitrogens with two attached hydrogens (primary N) is 1. The van der Waals surface area contributed by atoms with Crippen molar-refractivity contribution >= 4 is 51.0 Å². The third kappa shape index (κ3) is 19.8. The van der Waals surface area contributed by atoms with Crippen LogP contribution in [0.25, 0.3) is 0 Å². The molecule has 0 spiro atoms. The highest BCUT2D eigenvalue weighted by Gasteiger charge is 2.52. The number of aromatic nitrogens is 3. The molecule has 3 saturated heterocycles. The van der Waals surface area contributed by atoms with Gasteiger partial charge in [-0.1, -0.05) is 5.21 Å². The quantitative estimate of drug-likeness (QED) is 0.0120. The van der Waals surface area contributed by atoms with Crippen LogP contribution in [0.4, 0.5) is 11.4 Å². The Bertz CT molecular complexity index is 3630. The number of unbranched alkanes of at least 4 members (excludes halogenated alkanes) is 2. The summed E-state index contributed by atoms with van der Waals surface area (Å²) in [5.74, 6) is -3.08. The first-order valence-corrected chi connectivity index (χ1v) is 35.6. The maximum atomic E-state index is 13.3. The number of carbonyl (C=O) groups is 5. The van der Waals surface area contributed by atoms with Crippen LogP contribution < -0.4 is 51.9 Å². The Labute approximate surface area is 581 Å². The van der Waals surface area contributed by atoms with E-state index < -0.39 is 188 Å². The normalized spacial score (nSPS) is 28.9. The van der Waals surface area contributed by atoms with Gasteiger partial charge in [0, 0.05) is 73.9 Å². The molecule has 7 heterocycles. The molecule has 1 unspecified atom stereocenters. The van der Waals surface area contributed by atoms with Crippen LogP contribution in [-0.2, 0) is 82.1 Å². The molecular weight excluding hydrogens is 1350 g/mol. The van der Waals surface area contributed by atoms with Crippen LogP contribution in [0.5, 0.6) is 11.5 Å². The zero-order chi connectivity index (χ0) is 73.2. The lowest BCUT2D eigenvalue weighted by atomic mass is 9.79. The predicted octanol–water partition coefficient (Wildman–Crippen LogP) is -6.10. The monoisotopic (exact) mass is 1450 g/mol. The van der Waals surface area contributed by atoms with Gasteiger partial charge in [-0.05, 0) is 96.3 Å². The molecule has 6 aliphatic rings. The second kappa shape index (κ2) is 34.8. The fourth-order valence-corrected chi connectivity index (χ4v) is 14.4. The fraction of sp³-hybridized carbons (Fsp3) is 0.703. The van der Waals surface area contributed by atoms with Crippen LogP contribution in [0.15, 0.2) is 35.5 Å². The van der Waals surface area contributed by atoms with E-state index in [1.54, 1.807) is 0 Å². The smallest absolute Gasteiger partial charge is 0.243 e. The van der Waals surface area contributed by atoms with Gasteiger partial charge in [0.15, 0.2) is 30.4 Å². The summed E-state index contributed by atoms with van der Waals surface area (Å²) >= 11 is 0. The second-order valence-electron chi connectivity index (χ2n) is 26.9. The van der Waals surface area contributed by atoms with Crippen molar-refractivity contribution in [3.8, 4) is 11.5 Å². The molecule has 0 radical (unpaired) electrons. The van der Waals surface area contributed by atoms with E-state index in [1.807, 2.05) is 38.1 Å². The molecule has 6 aliphatic heterocycles. The van der Waals surface area contributed by atoms with Crippen molar-refractivity contribution in [1.29, 1.82) is 0 Å². The highest BCUT2D eigenvalue weighted by Crippen LogP contribution is 2.49. The number of aryl methyl sites for hydroxylation is 2. The molecule has 3 fully saturated rings. The van der Waals surface area contributed by atoms with Crippen molar-refractivity contribution in [1.82, 2.24) is 40.8 Å². The number of benzene rings is 2. The van der Waals surface area contributed by atoms with Crippen molar-refractivity contribution in [3.63, 3.8) is 0 Å². The number of amides is 5. The zero-order valence-electron chi connectivity index (χ0n) is 56.6. The molecule has 3 aromatic rings. The summed E-state index contributed by atoms with van der Waals surface area (Å²) in [6.45, 7) is 6.71. The first-order valence-electron chi connectivity index (χ1n) is 34.0. The van der Waals surface area contributed by atoms with E-state index in [0.29, 0.717) is 78.9 Å². The van der Waals surface area contributed by atoms with Gasteiger partial charge >= 0.3 is 0 Å². The molecule has 18 atom stereocenters. The van der Waals surface area contributed by atoms with Gasteiger partial charge in [0.1, 0.15) is 115 Å². The van der Waals surface area contributed by atoms with Gasteiger partial charge in [0.25, 0.3) is 0 Å². The van der Waals surface area contributed by atoms with Crippen molar-refractivity contribution in [2.75, 3.05) is 63.2 Å². The molecule has 2 aromatic carbocycles. The Kier molecular flexibility index (Phi) is 27.1. The molecule has 101 heavy (non-hydrogen) atoms. The van der Waals surface area contributed by atoms with E-state index in [1.165, 1.54) is 23.4 Å². The molecular formula is C64H95N11O25S. The topological polar surface area (TPSA) is 533 Å². The third-order valence-corrected chi connectivity index (χ3v) is 19.7. The van der Waals surface area contributed by atoms with Gasteiger partial charge in [0.2, 0.25) is 34.9 Å². The van der Waals surface area contributed by atoms with Gasteiger partial charge in [0.05, 0.1) is 55.4 Å². The van der Waals surface area contributed by atoms with Crippen LogP contribution in [0.2, 0.25) is 0 Å². The molecule has 1 aromatic heterocycles. The van der Waals surface area contributed by atoms with Crippen LogP contribution in [0, 0.1) is 0 Å². The number of fused-ring (bicyclic) bond motifs is 4. The van der Waals surface area contributed by atoms with E-state index in [0.717, 1.165) is 31.3 Å². The van der Waals surface area contributed by atoms with E-state index in [2.05, 4.69) is 48.0 Å². The molecule has 562 valence electrons. The Morgan fingerprint density at radius 2 is 1.45 bits per heavy atom. The van der Waals surface area contributed by atoms with E-state index in [9.17, 15) is 88.0 Å². The number of nitrogens with zero attached hydrogens (tertiary/aromatic N) is 6. The minimum atomic E-state index is -4.61. The molecule has 37 heteroatoms. The molecule has 5 amide bonds. The first kappa shape index (κ1) is 78.5. The highest BCUT2D eigenvalue weighted by atomic mass is 32.2. The van der Waals surface area contributed by atoms with E-state index in [-0.39, 0.29) is 44.0 Å². The summed E-state index contributed by atoms with van der Waals surface area (Å²) in [7, 11) is -4.61. The second-order valence-corrected chi connectivity index (χ2v) is 28.3. The number of primary amides is 1. The summed E-state index contributed by atoms with van der Waals surface area (Å²) in [5.41, 5.74) is 8.29. The molecule has 0 saturated carbocycles. The standard InChI is InChI=1S/C64H95N11O25S/c1-5-73-17-10-12-33-20-39-43(22-41(33)73)96-44-23-42-36(21-40(44)69-39)34(31-101(91,92)93)24-64(3,4)75(42)19-11-15-48(79)66-16-8-6-13-37(59(65)89)70-49(80)25-67-60(90)38(68-32(2)78)14-7-9-18-74-26-35(71-72-74)29-94-62-57(88)58(100-63-56(87)54(85)51(82)46(28-77)98-63)52(83)47(99-62)30-95-61-55(86)53(84)50(81)45(27-76)97-61/h20-23,26,34,37-38,45-47,50-58,61-63,76-77,81-88H,5-19,24-25,27-31H2,1-4H3,(H6-,65,66,67,68,70,78,79,80,89,90,91,92,93)/t34?,37-,38-,45+,46+,47+,50+,51+,52+,53-,54-,55-,56-,57-,58-,61-,62-,63+/m0/s1. The number of nitrogens with one attached hydrogen (secondary N) is 4. The van der Waals surface area contributed by atoms with E-state index in [4.69, 9.17) is 43.9 Å². The highest BCUT2D eigenvalue weighted by molar-refractivity contribution is 7.85. The van der Waals surface area contributed by atoms with Crippen molar-refractivity contribution in [2.45, 2.75) is 227 Å². The maximum absolute atomic E-state index is 13.3. The lowest BCUT2D eigenvalue weighted by Gasteiger charge is -2.48. The van der Waals surface area contributed by atoms with Gasteiger partial charge in [-0.15, -0.1) is 5.10 Å². The average molecular weight is 1450 g/mol. The summed E-state index contributed by atoms with van der Waals surface area (Å²) in [5, 5.41) is 125. The minimum Gasteiger partial charge on any atom is -0.748 e. The van der Waals surface area contributed by atoms with Crippen LogP contribution in [0.3, 0.4) is 0 Å². The number of hydrogen-bond donors (Lipinski definition) is 15. The summed E-state index contributed by atoms with van der Waals surface area (Å²) in [6.07, 6.45) is -20.0. The molecule has 0 bridgehead atoms. The molecule has 16 N–H and O–H groups in total. The van der Waals surface area contributed by atoms with E-state index >= 15 is 0 Å². The lowest BCUT2D eigenvalue weighted by molar-refractivity contribution is -0.367. The SMILES string of the molecule is CC[N+]1=c2cc3c(cc2CCC1)=Nc1cc2c(cc1O3)N(CCCC(=O)NCCCC[C@H](NC(=O)CNC(=O)[C@H](CCCCn1cc(CO[C@H]3O[C@H](CO[C@H]4O[C@H](CO)[C@@H](O)[C@H](O)[C@@H]4O)[C@@H](O)[C@H](O[C@H]4O[C@H](CO)[C@@H](O)[C@H](O)[C@@H]4O)[C@@H]3O)nn1)NC(C)=O)C(N)=O)C(C)(C)CC2CS(=O)(=O)[O-]. The minimum absolute atomic E-state index is 0.116. The Morgan fingerprint density at radius 1 is 0.772 bits per heavy atom. The van der Waals surface area contributed by atoms with Crippen molar-refractivity contribution in [3.05, 3.63) is 58.0 Å². The van der Waals surface area contributed by atoms with Gasteiger partial charge in [-0.25, -0.2) is 18.0 Å². The number of aliphatic hydroxyl groups excluding tert-OH is 10. The number of ether oxygens (including phenoxy) is 7. The van der Waals surface area contributed by atoms with Crippen molar-refractivity contribution < 1.29 is 121 Å². The van der Waals surface area contributed by atoms with Crippen LogP contribution >= 0.6 is 0 Å². The molecule has 0 aliphatic carbocycles.